The van der Waals surface area contributed by atoms with Gasteiger partial charge in [0.1, 0.15) is 5.84 Å². The second kappa shape index (κ2) is 5.13. The van der Waals surface area contributed by atoms with E-state index in [0.717, 1.165) is 3.79 Å². The molecule has 0 aliphatic heterocycles. The Balaban J connectivity index is 2.72. The fourth-order valence-electron chi connectivity index (χ4n) is 1.02. The van der Waals surface area contributed by atoms with E-state index in [-0.39, 0.29) is 6.04 Å². The molecular weight excluding hydrogens is 262 g/mol. The standard InChI is InChI=1S/C9H10BrN3S/c1-6(13-7(2)12-5-11)8-3-4-9(10)14-8/h3-4,6H,1-2H3,(H,12,13). The zero-order chi connectivity index (χ0) is 10.6. The van der Waals surface area contributed by atoms with E-state index < -0.39 is 0 Å². The van der Waals surface area contributed by atoms with Gasteiger partial charge < -0.3 is 0 Å². The topological polar surface area (TPSA) is 48.2 Å². The number of amidine groups is 1. The number of halogens is 1. The van der Waals surface area contributed by atoms with Crippen LogP contribution < -0.4 is 5.32 Å². The van der Waals surface area contributed by atoms with Gasteiger partial charge in [-0.15, -0.1) is 11.3 Å². The van der Waals surface area contributed by atoms with Gasteiger partial charge in [-0.25, -0.2) is 0 Å². The zero-order valence-corrected chi connectivity index (χ0v) is 10.3. The van der Waals surface area contributed by atoms with E-state index in [1.54, 1.807) is 18.3 Å². The van der Waals surface area contributed by atoms with E-state index in [1.807, 2.05) is 25.2 Å². The first-order chi connectivity index (χ1) is 6.63. The highest BCUT2D eigenvalue weighted by molar-refractivity contribution is 9.11. The van der Waals surface area contributed by atoms with Crippen molar-refractivity contribution in [1.29, 1.82) is 5.26 Å². The molecule has 1 heterocycles. The third kappa shape index (κ3) is 3.13. The Labute approximate surface area is 95.6 Å². The minimum Gasteiger partial charge on any atom is -0.281 e. The van der Waals surface area contributed by atoms with Crippen molar-refractivity contribution in [2.24, 2.45) is 4.99 Å². The van der Waals surface area contributed by atoms with Crippen LogP contribution in [0.3, 0.4) is 0 Å². The molecule has 0 aliphatic rings. The molecule has 5 heteroatoms. The first kappa shape index (κ1) is 11.2. The number of hydrogen-bond donors (Lipinski definition) is 1. The highest BCUT2D eigenvalue weighted by Crippen LogP contribution is 2.28. The van der Waals surface area contributed by atoms with E-state index in [9.17, 15) is 0 Å². The monoisotopic (exact) mass is 271 g/mol. The average Bonchev–Trinajstić information content (AvgIpc) is 2.52. The van der Waals surface area contributed by atoms with Crippen molar-refractivity contribution in [3.8, 4) is 6.19 Å². The summed E-state index contributed by atoms with van der Waals surface area (Å²) in [5.74, 6) is 0.643. The third-order valence-electron chi connectivity index (χ3n) is 1.63. The second-order valence-electron chi connectivity index (χ2n) is 2.77. The molecule has 1 aromatic heterocycles. The summed E-state index contributed by atoms with van der Waals surface area (Å²) in [5.41, 5.74) is 0. The Morgan fingerprint density at radius 1 is 1.71 bits per heavy atom. The molecule has 1 aromatic rings. The zero-order valence-electron chi connectivity index (χ0n) is 7.91. The molecule has 0 aliphatic carbocycles. The molecule has 0 radical (unpaired) electrons. The van der Waals surface area contributed by atoms with Crippen LogP contribution in [0.1, 0.15) is 24.8 Å². The molecule has 0 fully saturated rings. The molecule has 0 amide bonds. The summed E-state index contributed by atoms with van der Waals surface area (Å²) < 4.78 is 1.10. The number of nitrogens with zero attached hydrogens (tertiary/aromatic N) is 2. The van der Waals surface area contributed by atoms with Crippen LogP contribution in [-0.4, -0.2) is 5.84 Å². The molecule has 3 nitrogen and oxygen atoms in total. The van der Waals surface area contributed by atoms with Gasteiger partial charge in [0.15, 0.2) is 6.19 Å². The molecule has 1 rings (SSSR count). The lowest BCUT2D eigenvalue weighted by molar-refractivity contribution is 0.831. The summed E-state index contributed by atoms with van der Waals surface area (Å²) in [6.45, 7) is 3.78. The van der Waals surface area contributed by atoms with Gasteiger partial charge in [-0.3, -0.25) is 10.3 Å². The molecule has 0 spiro atoms. The lowest BCUT2D eigenvalue weighted by atomic mass is 10.3. The van der Waals surface area contributed by atoms with Crippen LogP contribution in [0.5, 0.6) is 0 Å². The Bertz CT molecular complexity index is 378. The maximum absolute atomic E-state index is 8.38. The molecule has 14 heavy (non-hydrogen) atoms. The van der Waals surface area contributed by atoms with Crippen molar-refractivity contribution in [3.63, 3.8) is 0 Å². The molecule has 74 valence electrons. The quantitative estimate of drug-likeness (QED) is 0.389. The van der Waals surface area contributed by atoms with Crippen molar-refractivity contribution in [1.82, 2.24) is 5.32 Å². The molecule has 1 unspecified atom stereocenters. The SMILES string of the molecule is CC(=NC(C)c1ccc(Br)s1)NC#N. The van der Waals surface area contributed by atoms with Gasteiger partial charge in [0.2, 0.25) is 0 Å². The van der Waals surface area contributed by atoms with Crippen LogP contribution in [0.2, 0.25) is 0 Å². The molecule has 1 N–H and O–H groups in total. The molecule has 0 bridgehead atoms. The van der Waals surface area contributed by atoms with E-state index >= 15 is 0 Å². The number of nitriles is 1. The van der Waals surface area contributed by atoms with Gasteiger partial charge >= 0.3 is 0 Å². The normalized spacial score (nSPS) is 13.4. The summed E-state index contributed by atoms with van der Waals surface area (Å²) in [6, 6.07) is 4.12. The predicted molar refractivity (Wildman–Crippen MR) is 62.3 cm³/mol. The highest BCUT2D eigenvalue weighted by atomic mass is 79.9. The fraction of sp³-hybridized carbons (Fsp3) is 0.333. The van der Waals surface area contributed by atoms with Crippen molar-refractivity contribution in [2.45, 2.75) is 19.9 Å². The van der Waals surface area contributed by atoms with Crippen LogP contribution in [0.4, 0.5) is 0 Å². The summed E-state index contributed by atoms with van der Waals surface area (Å²) >= 11 is 5.05. The van der Waals surface area contributed by atoms with Crippen molar-refractivity contribution in [3.05, 3.63) is 20.8 Å². The lowest BCUT2D eigenvalue weighted by Gasteiger charge is -2.04. The second-order valence-corrected chi connectivity index (χ2v) is 5.26. The van der Waals surface area contributed by atoms with Crippen LogP contribution in [0, 0.1) is 11.5 Å². The van der Waals surface area contributed by atoms with E-state index in [0.29, 0.717) is 5.84 Å². The molecule has 0 saturated carbocycles. The summed E-state index contributed by atoms with van der Waals surface area (Å²) in [7, 11) is 0. The Morgan fingerprint density at radius 3 is 2.93 bits per heavy atom. The summed E-state index contributed by atoms with van der Waals surface area (Å²) in [5, 5.41) is 10.9. The molecule has 0 aromatic carbocycles. The van der Waals surface area contributed by atoms with Crippen LogP contribution >= 0.6 is 27.3 Å². The average molecular weight is 272 g/mol. The van der Waals surface area contributed by atoms with Crippen molar-refractivity contribution in [2.75, 3.05) is 0 Å². The van der Waals surface area contributed by atoms with Crippen LogP contribution in [0.15, 0.2) is 20.9 Å². The van der Waals surface area contributed by atoms with Gasteiger partial charge in [0, 0.05) is 4.88 Å². The number of hydrogen-bond acceptors (Lipinski definition) is 3. The molecule has 1 atom stereocenters. The number of rotatable bonds is 2. The summed E-state index contributed by atoms with van der Waals surface area (Å²) in [6.07, 6.45) is 1.84. The predicted octanol–water partition coefficient (Wildman–Crippen LogP) is 3.06. The number of thiophene rings is 1. The maximum atomic E-state index is 8.38. The number of nitrogens with one attached hydrogen (secondary N) is 1. The fourth-order valence-corrected chi connectivity index (χ4v) is 2.43. The number of aliphatic imine (C=N–C) groups is 1. The van der Waals surface area contributed by atoms with Crippen LogP contribution in [-0.2, 0) is 0 Å². The van der Waals surface area contributed by atoms with Crippen molar-refractivity contribution >= 4 is 33.1 Å². The van der Waals surface area contributed by atoms with Gasteiger partial charge in [-0.05, 0) is 41.9 Å². The van der Waals surface area contributed by atoms with Gasteiger partial charge in [0.05, 0.1) is 9.83 Å². The molecule has 0 saturated heterocycles. The largest absolute Gasteiger partial charge is 0.281 e. The minimum atomic E-state index is 0.0900. The lowest BCUT2D eigenvalue weighted by Crippen LogP contribution is -2.13. The van der Waals surface area contributed by atoms with E-state index in [1.165, 1.54) is 4.88 Å². The highest BCUT2D eigenvalue weighted by Gasteiger charge is 2.06. The third-order valence-corrected chi connectivity index (χ3v) is 3.42. The Kier molecular flexibility index (Phi) is 4.11. The van der Waals surface area contributed by atoms with Gasteiger partial charge in [-0.1, -0.05) is 0 Å². The summed E-state index contributed by atoms with van der Waals surface area (Å²) in [4.78, 5) is 5.50. The van der Waals surface area contributed by atoms with Crippen LogP contribution in [0.25, 0.3) is 0 Å². The smallest absolute Gasteiger partial charge is 0.182 e. The first-order valence-electron chi connectivity index (χ1n) is 4.08. The van der Waals surface area contributed by atoms with Gasteiger partial charge in [-0.2, -0.15) is 5.26 Å². The minimum absolute atomic E-state index is 0.0900. The Morgan fingerprint density at radius 2 is 2.43 bits per heavy atom. The van der Waals surface area contributed by atoms with E-state index in [4.69, 9.17) is 5.26 Å². The maximum Gasteiger partial charge on any atom is 0.182 e. The van der Waals surface area contributed by atoms with Crippen molar-refractivity contribution < 1.29 is 0 Å². The first-order valence-corrected chi connectivity index (χ1v) is 5.69. The van der Waals surface area contributed by atoms with E-state index in [2.05, 4.69) is 26.2 Å². The Hall–Kier alpha value is -0.860. The van der Waals surface area contributed by atoms with Gasteiger partial charge in [0.25, 0.3) is 0 Å². The molecular formula is C9H10BrN3S.